The normalized spacial score (nSPS) is 12.5. The molecule has 0 radical (unpaired) electrons. The van der Waals surface area contributed by atoms with Crippen molar-refractivity contribution in [2.24, 2.45) is 5.92 Å². The van der Waals surface area contributed by atoms with Crippen molar-refractivity contribution in [3.8, 4) is 0 Å². The fraction of sp³-hybridized carbons (Fsp3) is 0.600. The Morgan fingerprint density at radius 2 is 2.00 bits per heavy atom. The zero-order chi connectivity index (χ0) is 7.82. The summed E-state index contributed by atoms with van der Waals surface area (Å²) in [5.74, 6) is 0.685. The van der Waals surface area contributed by atoms with Crippen molar-refractivity contribution in [1.29, 1.82) is 0 Å². The van der Waals surface area contributed by atoms with Gasteiger partial charge in [-0.25, -0.2) is 0 Å². The average Bonchev–Trinajstić information content (AvgIpc) is 1.98. The number of unbranched alkanes of at least 4 members (excludes halogenated alkanes) is 2. The Labute approximate surface area is 64.6 Å². The highest BCUT2D eigenvalue weighted by Gasteiger charge is 1.93. The van der Waals surface area contributed by atoms with E-state index < -0.39 is 0 Å². The molecule has 0 fully saturated rings. The van der Waals surface area contributed by atoms with Crippen LogP contribution in [0.4, 0.5) is 0 Å². The van der Waals surface area contributed by atoms with E-state index in [-0.39, 0.29) is 0 Å². The van der Waals surface area contributed by atoms with Gasteiger partial charge in [0.2, 0.25) is 0 Å². The van der Waals surface area contributed by atoms with Crippen LogP contribution >= 0.6 is 0 Å². The van der Waals surface area contributed by atoms with Gasteiger partial charge >= 0.3 is 0 Å². The van der Waals surface area contributed by atoms with Crippen molar-refractivity contribution in [3.63, 3.8) is 0 Å². The van der Waals surface area contributed by atoms with Gasteiger partial charge in [-0.2, -0.15) is 0 Å². The molecular formula is C10H18. The van der Waals surface area contributed by atoms with E-state index in [9.17, 15) is 0 Å². The Morgan fingerprint density at radius 3 is 2.50 bits per heavy atom. The van der Waals surface area contributed by atoms with E-state index in [1.54, 1.807) is 0 Å². The summed E-state index contributed by atoms with van der Waals surface area (Å²) in [6.45, 7) is 9.63. The van der Waals surface area contributed by atoms with E-state index in [4.69, 9.17) is 0 Å². The van der Waals surface area contributed by atoms with Crippen molar-refractivity contribution in [3.05, 3.63) is 25.3 Å². The molecule has 0 amide bonds. The maximum Gasteiger partial charge on any atom is -0.0265 e. The lowest BCUT2D eigenvalue weighted by Gasteiger charge is -2.02. The van der Waals surface area contributed by atoms with Gasteiger partial charge in [0.1, 0.15) is 0 Å². The van der Waals surface area contributed by atoms with E-state index in [1.165, 1.54) is 19.3 Å². The quantitative estimate of drug-likeness (QED) is 0.389. The van der Waals surface area contributed by atoms with Gasteiger partial charge in [-0.1, -0.05) is 25.5 Å². The van der Waals surface area contributed by atoms with Crippen molar-refractivity contribution in [2.75, 3.05) is 0 Å². The molecular weight excluding hydrogens is 120 g/mol. The number of rotatable bonds is 6. The molecule has 0 aliphatic carbocycles. The zero-order valence-electron chi connectivity index (χ0n) is 6.97. The summed E-state index contributed by atoms with van der Waals surface area (Å²) in [4.78, 5) is 0. The van der Waals surface area contributed by atoms with Crippen LogP contribution in [-0.4, -0.2) is 0 Å². The highest BCUT2D eigenvalue weighted by molar-refractivity contribution is 4.75. The van der Waals surface area contributed by atoms with Crippen LogP contribution < -0.4 is 0 Å². The third kappa shape index (κ3) is 5.61. The number of allylic oxidation sites excluding steroid dienone is 2. The molecule has 0 heterocycles. The summed E-state index contributed by atoms with van der Waals surface area (Å²) in [7, 11) is 0. The van der Waals surface area contributed by atoms with E-state index in [2.05, 4.69) is 20.1 Å². The van der Waals surface area contributed by atoms with E-state index >= 15 is 0 Å². The van der Waals surface area contributed by atoms with Crippen molar-refractivity contribution >= 4 is 0 Å². The van der Waals surface area contributed by atoms with Crippen LogP contribution in [0.15, 0.2) is 25.3 Å². The van der Waals surface area contributed by atoms with Crippen LogP contribution in [0.3, 0.4) is 0 Å². The molecule has 10 heavy (non-hydrogen) atoms. The Bertz CT molecular complexity index is 92.2. The molecule has 1 unspecified atom stereocenters. The van der Waals surface area contributed by atoms with E-state index in [0.717, 1.165) is 6.42 Å². The molecule has 0 rings (SSSR count). The monoisotopic (exact) mass is 138 g/mol. The summed E-state index contributed by atoms with van der Waals surface area (Å²) in [5.41, 5.74) is 0. The van der Waals surface area contributed by atoms with Crippen molar-refractivity contribution in [1.82, 2.24) is 0 Å². The van der Waals surface area contributed by atoms with Crippen LogP contribution in [0.2, 0.25) is 0 Å². The van der Waals surface area contributed by atoms with E-state index in [0.29, 0.717) is 5.92 Å². The molecule has 0 N–H and O–H groups in total. The van der Waals surface area contributed by atoms with Crippen molar-refractivity contribution in [2.45, 2.75) is 32.6 Å². The fourth-order valence-electron chi connectivity index (χ4n) is 0.873. The van der Waals surface area contributed by atoms with Gasteiger partial charge in [0.05, 0.1) is 0 Å². The lowest BCUT2D eigenvalue weighted by Crippen LogP contribution is -1.87. The second-order valence-corrected chi connectivity index (χ2v) is 2.79. The smallest absolute Gasteiger partial charge is 0.0265 e. The topological polar surface area (TPSA) is 0 Å². The largest absolute Gasteiger partial charge is 0.103 e. The zero-order valence-corrected chi connectivity index (χ0v) is 6.97. The Morgan fingerprint density at radius 1 is 1.30 bits per heavy atom. The van der Waals surface area contributed by atoms with Gasteiger partial charge in [0.25, 0.3) is 0 Å². The van der Waals surface area contributed by atoms with Crippen LogP contribution in [0.5, 0.6) is 0 Å². The lowest BCUT2D eigenvalue weighted by molar-refractivity contribution is 0.586. The van der Waals surface area contributed by atoms with E-state index in [1.807, 2.05) is 12.2 Å². The molecule has 0 saturated heterocycles. The second-order valence-electron chi connectivity index (χ2n) is 2.79. The lowest BCUT2D eigenvalue weighted by atomic mass is 10.0. The average molecular weight is 138 g/mol. The minimum atomic E-state index is 0.685. The van der Waals surface area contributed by atoms with Crippen LogP contribution in [0, 0.1) is 5.92 Å². The molecule has 0 aliphatic heterocycles. The maximum atomic E-state index is 3.74. The predicted octanol–water partition coefficient (Wildman–Crippen LogP) is 3.55. The highest BCUT2D eigenvalue weighted by atomic mass is 14.0. The molecule has 1 atom stereocenters. The Kier molecular flexibility index (Phi) is 6.25. The molecule has 0 spiro atoms. The molecule has 0 aliphatic rings. The van der Waals surface area contributed by atoms with Gasteiger partial charge < -0.3 is 0 Å². The summed E-state index contributed by atoms with van der Waals surface area (Å²) >= 11 is 0. The molecule has 58 valence electrons. The third-order valence-corrected chi connectivity index (χ3v) is 1.72. The molecule has 0 aromatic rings. The number of hydrogen-bond acceptors (Lipinski definition) is 0. The summed E-state index contributed by atoms with van der Waals surface area (Å²) in [6.07, 6.45) is 9.02. The molecule has 0 aromatic heterocycles. The molecule has 0 bridgehead atoms. The van der Waals surface area contributed by atoms with Gasteiger partial charge in [-0.3, -0.25) is 0 Å². The van der Waals surface area contributed by atoms with Gasteiger partial charge in [-0.05, 0) is 25.2 Å². The summed E-state index contributed by atoms with van der Waals surface area (Å²) in [5, 5.41) is 0. The molecule has 0 heteroatoms. The van der Waals surface area contributed by atoms with Crippen LogP contribution in [0.25, 0.3) is 0 Å². The maximum absolute atomic E-state index is 3.74. The van der Waals surface area contributed by atoms with Gasteiger partial charge in [0.15, 0.2) is 0 Å². The molecule has 0 saturated carbocycles. The Balaban J connectivity index is 3.02. The first-order valence-corrected chi connectivity index (χ1v) is 4.04. The standard InChI is InChI=1S/C10H18/c1-4-6-7-8-9-10(3)5-2/h4-5,10H,1-2,6-9H2,3H3. The second kappa shape index (κ2) is 6.60. The Hall–Kier alpha value is -0.520. The van der Waals surface area contributed by atoms with Crippen LogP contribution in [0.1, 0.15) is 32.6 Å². The minimum absolute atomic E-state index is 0.685. The molecule has 0 nitrogen and oxygen atoms in total. The first kappa shape index (κ1) is 9.48. The fourth-order valence-corrected chi connectivity index (χ4v) is 0.873. The summed E-state index contributed by atoms with van der Waals surface area (Å²) in [6, 6.07) is 0. The minimum Gasteiger partial charge on any atom is -0.103 e. The first-order valence-electron chi connectivity index (χ1n) is 4.04. The van der Waals surface area contributed by atoms with Crippen molar-refractivity contribution < 1.29 is 0 Å². The highest BCUT2D eigenvalue weighted by Crippen LogP contribution is 2.09. The van der Waals surface area contributed by atoms with Gasteiger partial charge in [-0.15, -0.1) is 13.2 Å². The molecule has 0 aromatic carbocycles. The summed E-state index contributed by atoms with van der Waals surface area (Å²) < 4.78 is 0. The predicted molar refractivity (Wildman–Crippen MR) is 48.0 cm³/mol. The SMILES string of the molecule is C=CCCCCC(C)C=C. The van der Waals surface area contributed by atoms with Crippen LogP contribution in [-0.2, 0) is 0 Å². The first-order chi connectivity index (χ1) is 4.81. The van der Waals surface area contributed by atoms with Gasteiger partial charge in [0, 0.05) is 0 Å². The number of hydrogen-bond donors (Lipinski definition) is 0. The third-order valence-electron chi connectivity index (χ3n) is 1.72.